The van der Waals surface area contributed by atoms with Gasteiger partial charge in [0.2, 0.25) is 5.82 Å². The zero-order valence-electron chi connectivity index (χ0n) is 11.0. The molecule has 0 saturated carbocycles. The quantitative estimate of drug-likeness (QED) is 0.578. The molecule has 0 bridgehead atoms. The zero-order valence-corrected chi connectivity index (χ0v) is 11.0. The van der Waals surface area contributed by atoms with E-state index in [-0.39, 0.29) is 17.5 Å². The Labute approximate surface area is 123 Å². The Balaban J connectivity index is 1.67. The average Bonchev–Trinajstić information content (AvgIpc) is 3.27. The van der Waals surface area contributed by atoms with Crippen LogP contribution in [-0.4, -0.2) is 25.1 Å². The molecule has 0 saturated heterocycles. The minimum absolute atomic E-state index is 0.250. The molecule has 0 aliphatic rings. The van der Waals surface area contributed by atoms with E-state index in [1.54, 1.807) is 30.5 Å². The van der Waals surface area contributed by atoms with E-state index in [0.717, 1.165) is 0 Å². The van der Waals surface area contributed by atoms with Crippen molar-refractivity contribution in [3.05, 3.63) is 54.7 Å². The van der Waals surface area contributed by atoms with Crippen molar-refractivity contribution in [3.63, 3.8) is 0 Å². The highest BCUT2D eigenvalue weighted by Gasteiger charge is 2.15. The average molecular weight is 297 g/mol. The van der Waals surface area contributed by atoms with Gasteiger partial charge in [-0.3, -0.25) is 0 Å². The second-order valence-corrected chi connectivity index (χ2v) is 4.43. The first-order valence-electron chi connectivity index (χ1n) is 6.36. The molecule has 0 radical (unpaired) electrons. The molecular formula is C14H8FN5O2. The summed E-state index contributed by atoms with van der Waals surface area (Å²) in [6, 6.07) is 9.45. The van der Waals surface area contributed by atoms with Gasteiger partial charge in [0, 0.05) is 0 Å². The van der Waals surface area contributed by atoms with Crippen molar-refractivity contribution in [1.29, 1.82) is 0 Å². The molecule has 0 N–H and O–H groups in total. The summed E-state index contributed by atoms with van der Waals surface area (Å²) in [5.74, 6) is 0.639. The van der Waals surface area contributed by atoms with E-state index < -0.39 is 0 Å². The predicted molar refractivity (Wildman–Crippen MR) is 72.3 cm³/mol. The molecule has 0 spiro atoms. The number of aromatic nitrogens is 5. The third-order valence-electron chi connectivity index (χ3n) is 2.95. The zero-order chi connectivity index (χ0) is 14.9. The Morgan fingerprint density at radius 1 is 1.14 bits per heavy atom. The minimum Gasteiger partial charge on any atom is -0.459 e. The first-order chi connectivity index (χ1) is 10.8. The summed E-state index contributed by atoms with van der Waals surface area (Å²) in [6.07, 6.45) is 3.10. The van der Waals surface area contributed by atoms with Crippen LogP contribution in [0, 0.1) is 5.82 Å². The summed E-state index contributed by atoms with van der Waals surface area (Å²) in [6.45, 7) is 0. The molecule has 0 aliphatic heterocycles. The van der Waals surface area contributed by atoms with Gasteiger partial charge < -0.3 is 8.94 Å². The van der Waals surface area contributed by atoms with Crippen LogP contribution < -0.4 is 0 Å². The third kappa shape index (κ3) is 2.16. The Morgan fingerprint density at radius 3 is 2.91 bits per heavy atom. The van der Waals surface area contributed by atoms with Gasteiger partial charge in [0.1, 0.15) is 5.82 Å². The van der Waals surface area contributed by atoms with E-state index in [2.05, 4.69) is 20.5 Å². The highest BCUT2D eigenvalue weighted by molar-refractivity contribution is 5.52. The number of hydrogen-bond acceptors (Lipinski definition) is 6. The highest BCUT2D eigenvalue weighted by atomic mass is 19.1. The van der Waals surface area contributed by atoms with Gasteiger partial charge in [-0.25, -0.2) is 9.07 Å². The van der Waals surface area contributed by atoms with E-state index in [9.17, 15) is 4.39 Å². The van der Waals surface area contributed by atoms with Gasteiger partial charge in [0.25, 0.3) is 5.89 Å². The lowest BCUT2D eigenvalue weighted by Gasteiger charge is -1.98. The number of nitrogens with zero attached hydrogens (tertiary/aromatic N) is 5. The number of furan rings is 1. The fourth-order valence-electron chi connectivity index (χ4n) is 1.94. The number of halogens is 1. The van der Waals surface area contributed by atoms with Crippen molar-refractivity contribution in [2.24, 2.45) is 0 Å². The highest BCUT2D eigenvalue weighted by Crippen LogP contribution is 2.21. The normalized spacial score (nSPS) is 11.0. The van der Waals surface area contributed by atoms with Crippen molar-refractivity contribution < 1.29 is 13.3 Å². The van der Waals surface area contributed by atoms with Crippen LogP contribution >= 0.6 is 0 Å². The Hall–Kier alpha value is -3.29. The second kappa shape index (κ2) is 4.92. The molecule has 0 aliphatic carbocycles. The lowest BCUT2D eigenvalue weighted by atomic mass is 10.3. The second-order valence-electron chi connectivity index (χ2n) is 4.43. The molecule has 3 heterocycles. The maximum atomic E-state index is 13.2. The van der Waals surface area contributed by atoms with Crippen LogP contribution in [0.3, 0.4) is 0 Å². The van der Waals surface area contributed by atoms with Crippen molar-refractivity contribution in [2.75, 3.05) is 0 Å². The molecule has 4 rings (SSSR count). The lowest BCUT2D eigenvalue weighted by Crippen LogP contribution is -1.94. The summed E-state index contributed by atoms with van der Waals surface area (Å²) in [5.41, 5.74) is 0.958. The molecule has 8 heteroatoms. The van der Waals surface area contributed by atoms with E-state index in [1.807, 2.05) is 0 Å². The van der Waals surface area contributed by atoms with E-state index in [1.165, 1.54) is 23.1 Å². The molecule has 0 amide bonds. The summed E-state index contributed by atoms with van der Waals surface area (Å²) in [4.78, 5) is 4.19. The van der Waals surface area contributed by atoms with Gasteiger partial charge in [-0.05, 0) is 30.3 Å². The topological polar surface area (TPSA) is 82.8 Å². The van der Waals surface area contributed by atoms with Gasteiger partial charge in [0.15, 0.2) is 11.5 Å². The van der Waals surface area contributed by atoms with Gasteiger partial charge in [-0.1, -0.05) is 16.4 Å². The van der Waals surface area contributed by atoms with Gasteiger partial charge in [-0.15, -0.1) is 5.10 Å². The van der Waals surface area contributed by atoms with Crippen LogP contribution in [0.2, 0.25) is 0 Å². The molecule has 108 valence electrons. The van der Waals surface area contributed by atoms with Crippen LogP contribution in [0.25, 0.3) is 28.9 Å². The third-order valence-corrected chi connectivity index (χ3v) is 2.95. The molecule has 7 nitrogen and oxygen atoms in total. The Morgan fingerprint density at radius 2 is 2.09 bits per heavy atom. The fraction of sp³-hybridized carbons (Fsp3) is 0. The summed E-state index contributed by atoms with van der Waals surface area (Å²) in [7, 11) is 0. The van der Waals surface area contributed by atoms with E-state index in [0.29, 0.717) is 17.1 Å². The standard InChI is InChI=1S/C14H8FN5O2/c15-9-3-1-4-10(7-9)20-8-11(17-19-20)13-16-14(22-18-13)12-5-2-6-21-12/h1-8H. The monoisotopic (exact) mass is 297 g/mol. The molecule has 0 atom stereocenters. The van der Waals surface area contributed by atoms with Crippen LogP contribution in [0.1, 0.15) is 0 Å². The first-order valence-corrected chi connectivity index (χ1v) is 6.36. The van der Waals surface area contributed by atoms with Gasteiger partial charge in [0.05, 0.1) is 18.1 Å². The summed E-state index contributed by atoms with van der Waals surface area (Å²) in [5, 5.41) is 11.7. The Kier molecular flexibility index (Phi) is 2.78. The first kappa shape index (κ1) is 12.5. The number of hydrogen-bond donors (Lipinski definition) is 0. The molecule has 4 aromatic rings. The van der Waals surface area contributed by atoms with Crippen molar-refractivity contribution in [3.8, 4) is 28.9 Å². The molecule has 22 heavy (non-hydrogen) atoms. The molecule has 0 fully saturated rings. The molecule has 0 unspecified atom stereocenters. The molecule has 3 aromatic heterocycles. The smallest absolute Gasteiger partial charge is 0.293 e. The maximum Gasteiger partial charge on any atom is 0.293 e. The fourth-order valence-corrected chi connectivity index (χ4v) is 1.94. The van der Waals surface area contributed by atoms with Crippen molar-refractivity contribution in [2.45, 2.75) is 0 Å². The van der Waals surface area contributed by atoms with E-state index in [4.69, 9.17) is 8.94 Å². The summed E-state index contributed by atoms with van der Waals surface area (Å²) < 4.78 is 24.9. The SMILES string of the molecule is Fc1cccc(-n2cc(-c3noc(-c4ccco4)n3)nn2)c1. The maximum absolute atomic E-state index is 13.2. The lowest BCUT2D eigenvalue weighted by molar-refractivity contribution is 0.416. The van der Waals surface area contributed by atoms with Crippen LogP contribution in [0.5, 0.6) is 0 Å². The Bertz CT molecular complexity index is 913. The number of rotatable bonds is 3. The van der Waals surface area contributed by atoms with E-state index >= 15 is 0 Å². The van der Waals surface area contributed by atoms with Crippen LogP contribution in [0.4, 0.5) is 4.39 Å². The largest absolute Gasteiger partial charge is 0.459 e. The van der Waals surface area contributed by atoms with Gasteiger partial charge in [-0.2, -0.15) is 4.98 Å². The van der Waals surface area contributed by atoms with Gasteiger partial charge >= 0.3 is 0 Å². The molecular weight excluding hydrogens is 289 g/mol. The van der Waals surface area contributed by atoms with Crippen LogP contribution in [0.15, 0.2) is 57.8 Å². The van der Waals surface area contributed by atoms with Crippen molar-refractivity contribution >= 4 is 0 Å². The summed E-state index contributed by atoms with van der Waals surface area (Å²) >= 11 is 0. The minimum atomic E-state index is -0.353. The van der Waals surface area contributed by atoms with Crippen molar-refractivity contribution in [1.82, 2.24) is 25.1 Å². The number of benzene rings is 1. The van der Waals surface area contributed by atoms with Crippen LogP contribution in [-0.2, 0) is 0 Å². The molecule has 1 aromatic carbocycles. The predicted octanol–water partition coefficient (Wildman–Crippen LogP) is 2.72.